The molecular formula is C13H17N3O2S2. The van der Waals surface area contributed by atoms with Gasteiger partial charge in [0, 0.05) is 4.88 Å². The molecule has 1 aliphatic rings. The summed E-state index contributed by atoms with van der Waals surface area (Å²) < 4.78 is 0. The zero-order valence-electron chi connectivity index (χ0n) is 11.2. The number of primary amides is 1. The number of nitrogens with one attached hydrogen (secondary N) is 1. The minimum Gasteiger partial charge on any atom is -0.393 e. The molecule has 20 heavy (non-hydrogen) atoms. The minimum absolute atomic E-state index is 0.0352. The molecule has 7 heteroatoms. The molecule has 0 aromatic carbocycles. The summed E-state index contributed by atoms with van der Waals surface area (Å²) in [5.41, 5.74) is 12.2. The van der Waals surface area contributed by atoms with E-state index < -0.39 is 5.91 Å². The number of carbonyl (C=O) groups is 2. The molecule has 1 heterocycles. The highest BCUT2D eigenvalue weighted by Gasteiger charge is 2.27. The Balaban J connectivity index is 2.31. The molecule has 0 saturated carbocycles. The normalized spacial score (nSPS) is 17.4. The fourth-order valence-electron chi connectivity index (χ4n) is 2.43. The third-order valence-electron chi connectivity index (χ3n) is 3.35. The molecule has 0 saturated heterocycles. The second-order valence-electron chi connectivity index (χ2n) is 5.11. The Morgan fingerprint density at radius 2 is 2.15 bits per heavy atom. The number of amides is 2. The number of anilines is 1. The lowest BCUT2D eigenvalue weighted by Gasteiger charge is -2.18. The molecule has 0 radical (unpaired) electrons. The molecule has 0 aliphatic heterocycles. The molecule has 0 fully saturated rings. The fourth-order valence-corrected chi connectivity index (χ4v) is 3.99. The van der Waals surface area contributed by atoms with Crippen LogP contribution < -0.4 is 16.8 Å². The van der Waals surface area contributed by atoms with Gasteiger partial charge in [-0.25, -0.2) is 0 Å². The first kappa shape index (κ1) is 14.9. The second kappa shape index (κ2) is 5.88. The molecule has 5 nitrogen and oxygen atoms in total. The van der Waals surface area contributed by atoms with Gasteiger partial charge in [0.05, 0.1) is 17.0 Å². The van der Waals surface area contributed by atoms with E-state index in [0.717, 1.165) is 29.7 Å². The van der Waals surface area contributed by atoms with Gasteiger partial charge in [-0.15, -0.1) is 11.3 Å². The lowest BCUT2D eigenvalue weighted by atomic mass is 9.88. The van der Waals surface area contributed by atoms with Crippen LogP contribution in [0.4, 0.5) is 5.00 Å². The molecule has 2 rings (SSSR count). The summed E-state index contributed by atoms with van der Waals surface area (Å²) in [6.07, 6.45) is 2.75. The fraction of sp³-hybridized carbons (Fsp3) is 0.462. The number of hydrogen-bond donors (Lipinski definition) is 3. The zero-order valence-corrected chi connectivity index (χ0v) is 12.8. The van der Waals surface area contributed by atoms with E-state index in [4.69, 9.17) is 23.7 Å². The Bertz CT molecular complexity index is 580. The van der Waals surface area contributed by atoms with Crippen molar-refractivity contribution in [3.05, 3.63) is 16.0 Å². The third kappa shape index (κ3) is 3.16. The van der Waals surface area contributed by atoms with Crippen LogP contribution in [0.2, 0.25) is 0 Å². The Hall–Kier alpha value is -1.47. The van der Waals surface area contributed by atoms with Gasteiger partial charge < -0.3 is 16.8 Å². The van der Waals surface area contributed by atoms with Gasteiger partial charge >= 0.3 is 0 Å². The van der Waals surface area contributed by atoms with Crippen LogP contribution >= 0.6 is 23.6 Å². The van der Waals surface area contributed by atoms with E-state index in [1.54, 1.807) is 0 Å². The van der Waals surface area contributed by atoms with Crippen LogP contribution in [-0.2, 0) is 17.6 Å². The van der Waals surface area contributed by atoms with Crippen molar-refractivity contribution in [2.45, 2.75) is 32.6 Å². The molecule has 5 N–H and O–H groups in total. The first-order valence-corrected chi connectivity index (χ1v) is 7.63. The topological polar surface area (TPSA) is 98.2 Å². The predicted octanol–water partition coefficient (Wildman–Crippen LogP) is 1.59. The van der Waals surface area contributed by atoms with Gasteiger partial charge in [0.15, 0.2) is 0 Å². The average Bonchev–Trinajstić information content (AvgIpc) is 2.64. The van der Waals surface area contributed by atoms with Gasteiger partial charge in [-0.2, -0.15) is 0 Å². The largest absolute Gasteiger partial charge is 0.393 e. The number of carbonyl (C=O) groups excluding carboxylic acids is 2. The van der Waals surface area contributed by atoms with Crippen molar-refractivity contribution in [1.29, 1.82) is 0 Å². The molecule has 2 amide bonds. The van der Waals surface area contributed by atoms with Gasteiger partial charge in [0.1, 0.15) is 5.00 Å². The summed E-state index contributed by atoms with van der Waals surface area (Å²) in [4.78, 5) is 24.7. The lowest BCUT2D eigenvalue weighted by molar-refractivity contribution is -0.115. The summed E-state index contributed by atoms with van der Waals surface area (Å²) >= 11 is 6.14. The molecular weight excluding hydrogens is 294 g/mol. The van der Waals surface area contributed by atoms with Crippen LogP contribution in [0.1, 0.15) is 40.6 Å². The van der Waals surface area contributed by atoms with E-state index in [1.165, 1.54) is 11.3 Å². The van der Waals surface area contributed by atoms with Crippen LogP contribution in [0.5, 0.6) is 0 Å². The molecule has 0 bridgehead atoms. The Morgan fingerprint density at radius 3 is 2.75 bits per heavy atom. The smallest absolute Gasteiger partial charge is 0.251 e. The molecule has 1 unspecified atom stereocenters. The third-order valence-corrected chi connectivity index (χ3v) is 4.66. The van der Waals surface area contributed by atoms with Crippen LogP contribution in [0.15, 0.2) is 0 Å². The maximum atomic E-state index is 11.8. The van der Waals surface area contributed by atoms with Crippen LogP contribution in [0.25, 0.3) is 0 Å². The maximum Gasteiger partial charge on any atom is 0.251 e. The van der Waals surface area contributed by atoms with Crippen molar-refractivity contribution >= 4 is 45.4 Å². The zero-order chi connectivity index (χ0) is 14.9. The van der Waals surface area contributed by atoms with Crippen molar-refractivity contribution in [1.82, 2.24) is 0 Å². The second-order valence-corrected chi connectivity index (χ2v) is 6.74. The van der Waals surface area contributed by atoms with Gasteiger partial charge in [-0.05, 0) is 30.7 Å². The standard InChI is InChI=1S/C13H17N3O2S2/c1-6-2-3-7-8(4-6)20-13(11(7)12(15)18)16-10(17)5-9(14)19/h6H,2-5H2,1H3,(H2,14,19)(H2,15,18)(H,16,17). The van der Waals surface area contributed by atoms with E-state index in [1.807, 2.05) is 0 Å². The number of rotatable bonds is 4. The summed E-state index contributed by atoms with van der Waals surface area (Å²) in [7, 11) is 0. The van der Waals surface area contributed by atoms with E-state index in [2.05, 4.69) is 12.2 Å². The van der Waals surface area contributed by atoms with E-state index in [0.29, 0.717) is 16.5 Å². The monoisotopic (exact) mass is 311 g/mol. The van der Waals surface area contributed by atoms with Crippen molar-refractivity contribution in [2.75, 3.05) is 5.32 Å². The Morgan fingerprint density at radius 1 is 1.45 bits per heavy atom. The molecule has 108 valence electrons. The quantitative estimate of drug-likeness (QED) is 0.735. The van der Waals surface area contributed by atoms with E-state index in [-0.39, 0.29) is 17.3 Å². The lowest BCUT2D eigenvalue weighted by Crippen LogP contribution is -2.22. The number of fused-ring (bicyclic) bond motifs is 1. The number of thiocarbonyl (C=S) groups is 1. The molecule has 0 spiro atoms. The molecule has 1 aromatic heterocycles. The van der Waals surface area contributed by atoms with Gasteiger partial charge in [-0.1, -0.05) is 19.1 Å². The highest BCUT2D eigenvalue weighted by molar-refractivity contribution is 7.80. The van der Waals surface area contributed by atoms with Crippen LogP contribution in [-0.4, -0.2) is 16.8 Å². The SMILES string of the molecule is CC1CCc2c(sc(NC(=O)CC(N)=S)c2C(N)=O)C1. The van der Waals surface area contributed by atoms with E-state index >= 15 is 0 Å². The first-order chi connectivity index (χ1) is 9.38. The Kier molecular flexibility index (Phi) is 4.39. The highest BCUT2D eigenvalue weighted by atomic mass is 32.1. The first-order valence-electron chi connectivity index (χ1n) is 6.41. The van der Waals surface area contributed by atoms with Crippen molar-refractivity contribution < 1.29 is 9.59 Å². The van der Waals surface area contributed by atoms with Crippen molar-refractivity contribution in [2.24, 2.45) is 17.4 Å². The molecule has 1 atom stereocenters. The average molecular weight is 311 g/mol. The number of hydrogen-bond acceptors (Lipinski definition) is 4. The van der Waals surface area contributed by atoms with Crippen molar-refractivity contribution in [3.63, 3.8) is 0 Å². The molecule has 1 aliphatic carbocycles. The summed E-state index contributed by atoms with van der Waals surface area (Å²) in [6, 6.07) is 0. The number of nitrogens with two attached hydrogens (primary N) is 2. The number of thiophene rings is 1. The van der Waals surface area contributed by atoms with Gasteiger partial charge in [0.25, 0.3) is 5.91 Å². The minimum atomic E-state index is -0.498. The molecule has 1 aromatic rings. The Labute approximate surface area is 126 Å². The summed E-state index contributed by atoms with van der Waals surface area (Å²) in [6.45, 7) is 2.18. The maximum absolute atomic E-state index is 11.8. The van der Waals surface area contributed by atoms with E-state index in [9.17, 15) is 9.59 Å². The van der Waals surface area contributed by atoms with Gasteiger partial charge in [0.2, 0.25) is 5.91 Å². The van der Waals surface area contributed by atoms with Crippen LogP contribution in [0.3, 0.4) is 0 Å². The summed E-state index contributed by atoms with van der Waals surface area (Å²) in [5.74, 6) is -0.226. The van der Waals surface area contributed by atoms with Crippen LogP contribution in [0, 0.1) is 5.92 Å². The summed E-state index contributed by atoms with van der Waals surface area (Å²) in [5, 5.41) is 3.23. The van der Waals surface area contributed by atoms with Gasteiger partial charge in [-0.3, -0.25) is 9.59 Å². The highest BCUT2D eigenvalue weighted by Crippen LogP contribution is 2.39. The van der Waals surface area contributed by atoms with Crippen molar-refractivity contribution in [3.8, 4) is 0 Å². The predicted molar refractivity (Wildman–Crippen MR) is 84.1 cm³/mol.